The summed E-state index contributed by atoms with van der Waals surface area (Å²) in [7, 11) is 0. The molecule has 0 bridgehead atoms. The van der Waals surface area contributed by atoms with Crippen LogP contribution in [0.25, 0.3) is 28.7 Å². The molecule has 3 aromatic heterocycles. The van der Waals surface area contributed by atoms with Crippen molar-refractivity contribution in [1.82, 2.24) is 19.8 Å². The molecule has 0 atom stereocenters. The Morgan fingerprint density at radius 3 is 2.72 bits per heavy atom. The van der Waals surface area contributed by atoms with E-state index in [1.165, 1.54) is 28.2 Å². The molecule has 0 aliphatic rings. The topological polar surface area (TPSA) is 56.2 Å². The smallest absolute Gasteiger partial charge is 0.416 e. The summed E-state index contributed by atoms with van der Waals surface area (Å²) in [5.41, 5.74) is -0.250. The molecule has 0 radical (unpaired) electrons. The first-order valence-corrected chi connectivity index (χ1v) is 7.94. The van der Waals surface area contributed by atoms with Crippen molar-refractivity contribution >= 4 is 28.4 Å². The van der Waals surface area contributed by atoms with Crippen molar-refractivity contribution in [1.29, 1.82) is 0 Å². The molecule has 4 rings (SSSR count). The highest BCUT2D eigenvalue weighted by Gasteiger charge is 2.30. The number of rotatable bonds is 3. The van der Waals surface area contributed by atoms with E-state index in [-0.39, 0.29) is 0 Å². The maximum atomic E-state index is 12.7. The van der Waals surface area contributed by atoms with Crippen LogP contribution in [0.1, 0.15) is 16.1 Å². The van der Waals surface area contributed by atoms with Crippen LogP contribution in [0, 0.1) is 0 Å². The molecule has 126 valence electrons. The molecule has 0 aliphatic heterocycles. The molecule has 9 heteroatoms. The number of hydrogen-bond donors (Lipinski definition) is 0. The third-order valence-electron chi connectivity index (χ3n) is 3.38. The van der Waals surface area contributed by atoms with Gasteiger partial charge < -0.3 is 4.42 Å². The first kappa shape index (κ1) is 15.6. The van der Waals surface area contributed by atoms with Crippen molar-refractivity contribution in [3.05, 3.63) is 58.8 Å². The predicted octanol–water partition coefficient (Wildman–Crippen LogP) is 4.64. The zero-order chi connectivity index (χ0) is 17.4. The second-order valence-corrected chi connectivity index (χ2v) is 6.08. The quantitative estimate of drug-likeness (QED) is 0.533. The monoisotopic (exact) mass is 362 g/mol. The Morgan fingerprint density at radius 1 is 1.08 bits per heavy atom. The maximum Gasteiger partial charge on any atom is 0.416 e. The molecule has 5 nitrogen and oxygen atoms in total. The van der Waals surface area contributed by atoms with Gasteiger partial charge in [0, 0.05) is 0 Å². The Morgan fingerprint density at radius 2 is 1.96 bits per heavy atom. The van der Waals surface area contributed by atoms with Crippen LogP contribution in [0.3, 0.4) is 0 Å². The van der Waals surface area contributed by atoms with Crippen molar-refractivity contribution < 1.29 is 17.6 Å². The highest BCUT2D eigenvalue weighted by molar-refractivity contribution is 7.17. The highest BCUT2D eigenvalue weighted by Crippen LogP contribution is 2.30. The molecule has 25 heavy (non-hydrogen) atoms. The molecule has 0 amide bonds. The fraction of sp³-hybridized carbons (Fsp3) is 0.0625. The van der Waals surface area contributed by atoms with E-state index in [2.05, 4.69) is 15.3 Å². The van der Waals surface area contributed by atoms with Gasteiger partial charge in [0.25, 0.3) is 0 Å². The van der Waals surface area contributed by atoms with E-state index in [4.69, 9.17) is 4.42 Å². The van der Waals surface area contributed by atoms with E-state index < -0.39 is 11.7 Å². The van der Waals surface area contributed by atoms with Gasteiger partial charge in [-0.1, -0.05) is 29.5 Å². The van der Waals surface area contributed by atoms with E-state index in [0.29, 0.717) is 27.1 Å². The van der Waals surface area contributed by atoms with Gasteiger partial charge in [0.05, 0.1) is 11.8 Å². The summed E-state index contributed by atoms with van der Waals surface area (Å²) >= 11 is 1.27. The van der Waals surface area contributed by atoms with Gasteiger partial charge in [0.2, 0.25) is 10.8 Å². The largest absolute Gasteiger partial charge is 0.461 e. The van der Waals surface area contributed by atoms with Crippen LogP contribution in [-0.2, 0) is 6.18 Å². The maximum absolute atomic E-state index is 12.7. The highest BCUT2D eigenvalue weighted by atomic mass is 32.1. The summed E-state index contributed by atoms with van der Waals surface area (Å²) in [5.74, 6) is 1.00. The van der Waals surface area contributed by atoms with Crippen LogP contribution in [0.2, 0.25) is 0 Å². The Labute approximate surface area is 143 Å². The summed E-state index contributed by atoms with van der Waals surface area (Å²) < 4.78 is 45.1. The van der Waals surface area contributed by atoms with Gasteiger partial charge in [-0.05, 0) is 35.9 Å². The molecule has 4 aromatic rings. The minimum Gasteiger partial charge on any atom is -0.461 e. The summed E-state index contributed by atoms with van der Waals surface area (Å²) in [5, 5.41) is 13.0. The van der Waals surface area contributed by atoms with Crippen LogP contribution in [-0.4, -0.2) is 19.8 Å². The van der Waals surface area contributed by atoms with Crippen molar-refractivity contribution in [3.8, 4) is 11.6 Å². The molecular formula is C16H9F3N4OS. The fourth-order valence-electron chi connectivity index (χ4n) is 2.24. The summed E-state index contributed by atoms with van der Waals surface area (Å²) in [4.78, 5) is 0.565. The summed E-state index contributed by atoms with van der Waals surface area (Å²) in [6.07, 6.45) is 0.376. The van der Waals surface area contributed by atoms with Gasteiger partial charge in [-0.2, -0.15) is 22.8 Å². The number of nitrogens with zero attached hydrogens (tertiary/aromatic N) is 4. The average molecular weight is 362 g/mol. The molecule has 0 fully saturated rings. The molecular weight excluding hydrogens is 353 g/mol. The van der Waals surface area contributed by atoms with Crippen LogP contribution in [0.15, 0.2) is 47.1 Å². The number of fused-ring (bicyclic) bond motifs is 1. The number of aromatic nitrogens is 4. The van der Waals surface area contributed by atoms with Gasteiger partial charge in [0.15, 0.2) is 5.76 Å². The number of halogens is 3. The third kappa shape index (κ3) is 3.05. The van der Waals surface area contributed by atoms with E-state index in [1.807, 2.05) is 0 Å². The van der Waals surface area contributed by atoms with Crippen molar-refractivity contribution in [2.45, 2.75) is 6.18 Å². The van der Waals surface area contributed by atoms with E-state index >= 15 is 0 Å². The van der Waals surface area contributed by atoms with Gasteiger partial charge in [-0.25, -0.2) is 0 Å². The molecule has 0 aliphatic carbocycles. The van der Waals surface area contributed by atoms with Crippen molar-refractivity contribution in [2.75, 3.05) is 0 Å². The SMILES string of the molecule is FC(F)(F)c1cccc(/C=C/c2nn3c(-c4ccco4)nnc3s2)c1. The van der Waals surface area contributed by atoms with Gasteiger partial charge in [-0.15, -0.1) is 10.2 Å². The lowest BCUT2D eigenvalue weighted by Gasteiger charge is -2.06. The van der Waals surface area contributed by atoms with Crippen LogP contribution >= 0.6 is 11.3 Å². The summed E-state index contributed by atoms with van der Waals surface area (Å²) in [6.45, 7) is 0. The lowest BCUT2D eigenvalue weighted by Crippen LogP contribution is -2.04. The fourth-order valence-corrected chi connectivity index (χ4v) is 2.99. The minimum atomic E-state index is -4.37. The molecule has 1 aromatic carbocycles. The lowest BCUT2D eigenvalue weighted by molar-refractivity contribution is -0.137. The standard InChI is InChI=1S/C16H9F3N4OS/c17-16(18,19)11-4-1-3-10(9-11)6-7-13-22-23-14(12-5-2-8-24-12)20-21-15(23)25-13/h1-9H/b7-6+. The number of benzene rings is 1. The van der Waals surface area contributed by atoms with Crippen molar-refractivity contribution in [3.63, 3.8) is 0 Å². The van der Waals surface area contributed by atoms with Gasteiger partial charge in [0.1, 0.15) is 5.01 Å². The zero-order valence-electron chi connectivity index (χ0n) is 12.4. The second kappa shape index (κ2) is 5.85. The Bertz CT molecular complexity index is 1050. The number of alkyl halides is 3. The number of hydrogen-bond acceptors (Lipinski definition) is 5. The van der Waals surface area contributed by atoms with Crippen LogP contribution in [0.5, 0.6) is 0 Å². The average Bonchev–Trinajstić information content (AvgIpc) is 3.29. The molecule has 0 saturated carbocycles. The zero-order valence-corrected chi connectivity index (χ0v) is 13.3. The minimum absolute atomic E-state index is 0.437. The van der Waals surface area contributed by atoms with E-state index in [0.717, 1.165) is 12.1 Å². The Balaban J connectivity index is 1.64. The van der Waals surface area contributed by atoms with E-state index in [1.54, 1.807) is 30.4 Å². The lowest BCUT2D eigenvalue weighted by atomic mass is 10.1. The first-order chi connectivity index (χ1) is 12.0. The molecule has 0 N–H and O–H groups in total. The Hall–Kier alpha value is -2.94. The molecule has 3 heterocycles. The second-order valence-electron chi connectivity index (χ2n) is 5.09. The van der Waals surface area contributed by atoms with Gasteiger partial charge >= 0.3 is 6.18 Å². The molecule has 0 unspecified atom stereocenters. The third-order valence-corrected chi connectivity index (χ3v) is 4.24. The summed E-state index contributed by atoms with van der Waals surface area (Å²) in [6, 6.07) is 8.57. The van der Waals surface area contributed by atoms with Crippen molar-refractivity contribution in [2.24, 2.45) is 0 Å². The first-order valence-electron chi connectivity index (χ1n) is 7.12. The normalized spacial score (nSPS) is 12.4. The molecule has 0 spiro atoms. The molecule has 0 saturated heterocycles. The Kier molecular flexibility index (Phi) is 3.65. The number of furan rings is 1. The van der Waals surface area contributed by atoms with Crippen LogP contribution < -0.4 is 0 Å². The van der Waals surface area contributed by atoms with E-state index in [9.17, 15) is 13.2 Å². The van der Waals surface area contributed by atoms with Gasteiger partial charge in [-0.3, -0.25) is 0 Å². The predicted molar refractivity (Wildman–Crippen MR) is 86.7 cm³/mol. The van der Waals surface area contributed by atoms with Crippen LogP contribution in [0.4, 0.5) is 13.2 Å².